The van der Waals surface area contributed by atoms with E-state index in [2.05, 4.69) is 15.2 Å². The summed E-state index contributed by atoms with van der Waals surface area (Å²) >= 11 is 0. The highest BCUT2D eigenvalue weighted by Crippen LogP contribution is 2.07. The number of rotatable bonds is 4. The largest absolute Gasteiger partial charge is 0.349 e. The number of hydrogen-bond donors (Lipinski definition) is 2. The van der Waals surface area contributed by atoms with Gasteiger partial charge >= 0.3 is 0 Å². The van der Waals surface area contributed by atoms with E-state index >= 15 is 0 Å². The number of amides is 1. The number of pyridine rings is 1. The van der Waals surface area contributed by atoms with Gasteiger partial charge in [-0.05, 0) is 32.0 Å². The zero-order chi connectivity index (χ0) is 12.8. The SMILES string of the molecule is O=C(NCCN1CCCCC1)c1cccc(=O)[nH]1. The van der Waals surface area contributed by atoms with E-state index in [9.17, 15) is 9.59 Å². The predicted octanol–water partition coefficient (Wildman–Crippen LogP) is 0.591. The van der Waals surface area contributed by atoms with Crippen LogP contribution in [0.2, 0.25) is 0 Å². The molecule has 2 N–H and O–H groups in total. The van der Waals surface area contributed by atoms with Gasteiger partial charge in [-0.15, -0.1) is 0 Å². The number of nitrogens with zero attached hydrogens (tertiary/aromatic N) is 1. The van der Waals surface area contributed by atoms with Crippen molar-refractivity contribution in [3.05, 3.63) is 34.2 Å². The van der Waals surface area contributed by atoms with Gasteiger partial charge in [0.25, 0.3) is 5.91 Å². The molecule has 0 aromatic carbocycles. The second kappa shape index (κ2) is 6.35. The van der Waals surface area contributed by atoms with Crippen LogP contribution in [-0.2, 0) is 0 Å². The number of aromatic nitrogens is 1. The first-order chi connectivity index (χ1) is 8.75. The lowest BCUT2D eigenvalue weighted by atomic mass is 10.1. The van der Waals surface area contributed by atoms with Crippen molar-refractivity contribution in [3.8, 4) is 0 Å². The van der Waals surface area contributed by atoms with Crippen LogP contribution in [0.1, 0.15) is 29.8 Å². The first kappa shape index (κ1) is 12.8. The molecule has 18 heavy (non-hydrogen) atoms. The Morgan fingerprint density at radius 3 is 2.78 bits per heavy atom. The Kier molecular flexibility index (Phi) is 4.52. The first-order valence-corrected chi connectivity index (χ1v) is 6.45. The van der Waals surface area contributed by atoms with Crippen LogP contribution in [0, 0.1) is 0 Å². The molecule has 98 valence electrons. The van der Waals surface area contributed by atoms with Crippen molar-refractivity contribution in [2.45, 2.75) is 19.3 Å². The summed E-state index contributed by atoms with van der Waals surface area (Å²) in [6.07, 6.45) is 3.81. The van der Waals surface area contributed by atoms with Gasteiger partial charge in [-0.3, -0.25) is 9.59 Å². The molecule has 1 fully saturated rings. The van der Waals surface area contributed by atoms with Gasteiger partial charge in [-0.1, -0.05) is 12.5 Å². The second-order valence-corrected chi connectivity index (χ2v) is 4.59. The number of piperidine rings is 1. The van der Waals surface area contributed by atoms with Gasteiger partial charge in [0.1, 0.15) is 5.69 Å². The minimum Gasteiger partial charge on any atom is -0.349 e. The van der Waals surface area contributed by atoms with Crippen molar-refractivity contribution in [1.82, 2.24) is 15.2 Å². The van der Waals surface area contributed by atoms with Gasteiger partial charge < -0.3 is 15.2 Å². The van der Waals surface area contributed by atoms with Crippen LogP contribution < -0.4 is 10.9 Å². The van der Waals surface area contributed by atoms with Crippen LogP contribution in [0.5, 0.6) is 0 Å². The van der Waals surface area contributed by atoms with Crippen LogP contribution in [-0.4, -0.2) is 42.0 Å². The van der Waals surface area contributed by atoms with E-state index in [0.717, 1.165) is 19.6 Å². The van der Waals surface area contributed by atoms with Crippen molar-refractivity contribution in [1.29, 1.82) is 0 Å². The van der Waals surface area contributed by atoms with Crippen molar-refractivity contribution >= 4 is 5.91 Å². The summed E-state index contributed by atoms with van der Waals surface area (Å²) < 4.78 is 0. The fourth-order valence-corrected chi connectivity index (χ4v) is 2.19. The maximum Gasteiger partial charge on any atom is 0.267 e. The Morgan fingerprint density at radius 1 is 1.28 bits per heavy atom. The average Bonchev–Trinajstić information content (AvgIpc) is 2.40. The molecule has 1 aliphatic heterocycles. The number of nitrogens with one attached hydrogen (secondary N) is 2. The Balaban J connectivity index is 1.76. The molecule has 0 atom stereocenters. The quantitative estimate of drug-likeness (QED) is 0.821. The zero-order valence-corrected chi connectivity index (χ0v) is 10.4. The Hall–Kier alpha value is -1.62. The molecule has 0 radical (unpaired) electrons. The summed E-state index contributed by atoms with van der Waals surface area (Å²) in [5.74, 6) is -0.218. The molecule has 5 nitrogen and oxygen atoms in total. The van der Waals surface area contributed by atoms with E-state index < -0.39 is 0 Å². The van der Waals surface area contributed by atoms with E-state index in [0.29, 0.717) is 12.2 Å². The van der Waals surface area contributed by atoms with Crippen molar-refractivity contribution in [3.63, 3.8) is 0 Å². The molecular formula is C13H19N3O2. The van der Waals surface area contributed by atoms with Gasteiger partial charge in [0.2, 0.25) is 5.56 Å². The summed E-state index contributed by atoms with van der Waals surface area (Å²) in [5.41, 5.74) is 0.0693. The van der Waals surface area contributed by atoms with E-state index in [-0.39, 0.29) is 11.5 Å². The fraction of sp³-hybridized carbons (Fsp3) is 0.538. The zero-order valence-electron chi connectivity index (χ0n) is 10.4. The number of H-pyrrole nitrogens is 1. The lowest BCUT2D eigenvalue weighted by Gasteiger charge is -2.26. The highest BCUT2D eigenvalue weighted by atomic mass is 16.2. The maximum absolute atomic E-state index is 11.7. The molecule has 2 heterocycles. The standard InChI is InChI=1S/C13H19N3O2/c17-12-6-4-5-11(15-12)13(18)14-7-10-16-8-2-1-3-9-16/h4-6H,1-3,7-10H2,(H,14,18)(H,15,17). The van der Waals surface area contributed by atoms with Gasteiger partial charge in [0.05, 0.1) is 0 Å². The third-order valence-electron chi connectivity index (χ3n) is 3.18. The van der Waals surface area contributed by atoms with E-state index in [1.165, 1.54) is 25.3 Å². The number of carbonyl (C=O) groups is 1. The molecule has 0 aliphatic carbocycles. The van der Waals surface area contributed by atoms with E-state index in [4.69, 9.17) is 0 Å². The third-order valence-corrected chi connectivity index (χ3v) is 3.18. The molecule has 2 rings (SSSR count). The van der Waals surface area contributed by atoms with E-state index in [1.54, 1.807) is 12.1 Å². The topological polar surface area (TPSA) is 65.2 Å². The highest BCUT2D eigenvalue weighted by molar-refractivity contribution is 5.92. The number of hydrogen-bond acceptors (Lipinski definition) is 3. The summed E-state index contributed by atoms with van der Waals surface area (Å²) in [4.78, 5) is 27.7. The van der Waals surface area contributed by atoms with Crippen LogP contribution in [0.3, 0.4) is 0 Å². The summed E-state index contributed by atoms with van der Waals surface area (Å²) in [7, 11) is 0. The fourth-order valence-electron chi connectivity index (χ4n) is 2.19. The first-order valence-electron chi connectivity index (χ1n) is 6.45. The van der Waals surface area contributed by atoms with Gasteiger partial charge in [0.15, 0.2) is 0 Å². The number of aromatic amines is 1. The molecule has 0 saturated carbocycles. The van der Waals surface area contributed by atoms with Crippen molar-refractivity contribution in [2.24, 2.45) is 0 Å². The molecule has 0 bridgehead atoms. The van der Waals surface area contributed by atoms with Gasteiger partial charge in [-0.25, -0.2) is 0 Å². The average molecular weight is 249 g/mol. The highest BCUT2D eigenvalue weighted by Gasteiger charge is 2.10. The molecule has 0 spiro atoms. The molecule has 1 aliphatic rings. The molecule has 5 heteroatoms. The summed E-state index contributed by atoms with van der Waals surface area (Å²) in [6.45, 7) is 3.74. The number of carbonyl (C=O) groups excluding carboxylic acids is 1. The van der Waals surface area contributed by atoms with Crippen LogP contribution in [0.15, 0.2) is 23.0 Å². The molecule has 1 aromatic rings. The van der Waals surface area contributed by atoms with Gasteiger partial charge in [-0.2, -0.15) is 0 Å². The molecule has 1 amide bonds. The third kappa shape index (κ3) is 3.70. The summed E-state index contributed by atoms with van der Waals surface area (Å²) in [5, 5.41) is 2.82. The van der Waals surface area contributed by atoms with Crippen molar-refractivity contribution < 1.29 is 4.79 Å². The minimum atomic E-state index is -0.251. The van der Waals surface area contributed by atoms with Gasteiger partial charge in [0, 0.05) is 19.2 Å². The number of likely N-dealkylation sites (tertiary alicyclic amines) is 1. The molecular weight excluding hydrogens is 230 g/mol. The smallest absolute Gasteiger partial charge is 0.267 e. The lowest BCUT2D eigenvalue weighted by molar-refractivity contribution is 0.0941. The van der Waals surface area contributed by atoms with E-state index in [1.807, 2.05) is 0 Å². The monoisotopic (exact) mass is 249 g/mol. The maximum atomic E-state index is 11.7. The molecule has 1 saturated heterocycles. The summed E-state index contributed by atoms with van der Waals surface area (Å²) in [6, 6.07) is 4.58. The molecule has 0 unspecified atom stereocenters. The Bertz CT molecular complexity index is 450. The van der Waals surface area contributed by atoms with Crippen LogP contribution in [0.4, 0.5) is 0 Å². The predicted molar refractivity (Wildman–Crippen MR) is 69.7 cm³/mol. The van der Waals surface area contributed by atoms with Crippen LogP contribution in [0.25, 0.3) is 0 Å². The minimum absolute atomic E-state index is 0.218. The normalized spacial score (nSPS) is 16.4. The molecule has 1 aromatic heterocycles. The van der Waals surface area contributed by atoms with Crippen molar-refractivity contribution in [2.75, 3.05) is 26.2 Å². The lowest BCUT2D eigenvalue weighted by Crippen LogP contribution is -2.38. The Morgan fingerprint density at radius 2 is 2.06 bits per heavy atom. The second-order valence-electron chi connectivity index (χ2n) is 4.59. The Labute approximate surface area is 106 Å². The van der Waals surface area contributed by atoms with Crippen LogP contribution >= 0.6 is 0 Å².